The average molecular weight is 417 g/mol. The summed E-state index contributed by atoms with van der Waals surface area (Å²) >= 11 is 1.51. The highest BCUT2D eigenvalue weighted by atomic mass is 32.1. The zero-order valence-corrected chi connectivity index (χ0v) is 17.3. The molecule has 0 N–H and O–H groups in total. The average Bonchev–Trinajstić information content (AvgIpc) is 3.38. The number of ether oxygens (including phenoxy) is 1. The van der Waals surface area contributed by atoms with Gasteiger partial charge in [0.2, 0.25) is 0 Å². The number of hydrogen-bond acceptors (Lipinski definition) is 6. The molecular formula is C24H19NO4S. The van der Waals surface area contributed by atoms with Gasteiger partial charge in [-0.1, -0.05) is 23.8 Å². The van der Waals surface area contributed by atoms with Crippen molar-refractivity contribution in [2.75, 3.05) is 0 Å². The number of aromatic nitrogens is 1. The van der Waals surface area contributed by atoms with Crippen molar-refractivity contribution in [2.24, 2.45) is 0 Å². The number of fused-ring (bicyclic) bond motifs is 3. The lowest BCUT2D eigenvalue weighted by Gasteiger charge is -2.07. The number of aryl methyl sites for hydroxylation is 2. The maximum atomic E-state index is 12.4. The number of rotatable bonds is 4. The molecular weight excluding hydrogens is 398 g/mol. The Labute approximate surface area is 177 Å². The van der Waals surface area contributed by atoms with Crippen LogP contribution in [0.3, 0.4) is 0 Å². The molecule has 0 fully saturated rings. The van der Waals surface area contributed by atoms with Gasteiger partial charge in [-0.05, 0) is 49.9 Å². The number of benzene rings is 2. The Balaban J connectivity index is 1.33. The number of hydrogen-bond donors (Lipinski definition) is 0. The summed E-state index contributed by atoms with van der Waals surface area (Å²) in [4.78, 5) is 29.1. The number of thiazole rings is 1. The summed E-state index contributed by atoms with van der Waals surface area (Å²) in [6.45, 7) is 2.04. The van der Waals surface area contributed by atoms with Gasteiger partial charge in [0.25, 0.3) is 0 Å². The number of carbonyl (C=O) groups is 1. The largest absolute Gasteiger partial charge is 0.426 e. The van der Waals surface area contributed by atoms with Gasteiger partial charge in [-0.15, -0.1) is 11.3 Å². The molecule has 0 spiro atoms. The summed E-state index contributed by atoms with van der Waals surface area (Å²) in [5.74, 6) is -0.0401. The summed E-state index contributed by atoms with van der Waals surface area (Å²) < 4.78 is 10.9. The van der Waals surface area contributed by atoms with Crippen LogP contribution in [0.1, 0.15) is 28.8 Å². The van der Waals surface area contributed by atoms with Crippen molar-refractivity contribution < 1.29 is 13.9 Å². The molecule has 0 saturated heterocycles. The molecule has 1 aliphatic carbocycles. The summed E-state index contributed by atoms with van der Waals surface area (Å²) in [6.07, 6.45) is 2.69. The minimum Gasteiger partial charge on any atom is -0.426 e. The van der Waals surface area contributed by atoms with Crippen LogP contribution in [-0.4, -0.2) is 11.0 Å². The first kappa shape index (κ1) is 18.8. The van der Waals surface area contributed by atoms with Crippen LogP contribution in [-0.2, 0) is 24.1 Å². The summed E-state index contributed by atoms with van der Waals surface area (Å²) in [6, 6.07) is 13.3. The molecule has 0 atom stereocenters. The SMILES string of the molecule is Cc1cccc(-c2nc(CC(=O)Oc3ccc4c5c(c(=O)oc4c3)CCC5)cs2)c1. The van der Waals surface area contributed by atoms with Crippen LogP contribution in [0, 0.1) is 6.92 Å². The molecule has 5 nitrogen and oxygen atoms in total. The molecule has 2 aromatic carbocycles. The highest BCUT2D eigenvalue weighted by molar-refractivity contribution is 7.13. The molecule has 0 unspecified atom stereocenters. The lowest BCUT2D eigenvalue weighted by Crippen LogP contribution is -2.12. The van der Waals surface area contributed by atoms with Crippen LogP contribution in [0.4, 0.5) is 0 Å². The van der Waals surface area contributed by atoms with Crippen molar-refractivity contribution in [1.82, 2.24) is 4.98 Å². The second-order valence-corrected chi connectivity index (χ2v) is 8.38. The van der Waals surface area contributed by atoms with Crippen LogP contribution in [0.5, 0.6) is 5.75 Å². The Morgan fingerprint density at radius 2 is 2.03 bits per heavy atom. The van der Waals surface area contributed by atoms with E-state index < -0.39 is 5.97 Å². The summed E-state index contributed by atoms with van der Waals surface area (Å²) in [7, 11) is 0. The molecule has 0 saturated carbocycles. The third-order valence-electron chi connectivity index (χ3n) is 5.32. The lowest BCUT2D eigenvalue weighted by molar-refractivity contribution is -0.133. The maximum absolute atomic E-state index is 12.4. The van der Waals surface area contributed by atoms with E-state index in [9.17, 15) is 9.59 Å². The fraction of sp³-hybridized carbons (Fsp3) is 0.208. The van der Waals surface area contributed by atoms with E-state index in [0.29, 0.717) is 17.0 Å². The van der Waals surface area contributed by atoms with E-state index in [-0.39, 0.29) is 12.0 Å². The van der Waals surface area contributed by atoms with Crippen molar-refractivity contribution in [1.29, 1.82) is 0 Å². The molecule has 2 aromatic heterocycles. The molecule has 6 heteroatoms. The molecule has 4 aromatic rings. The number of carbonyl (C=O) groups excluding carboxylic acids is 1. The zero-order valence-electron chi connectivity index (χ0n) is 16.4. The second-order valence-electron chi connectivity index (χ2n) is 7.52. The molecule has 150 valence electrons. The fourth-order valence-corrected chi connectivity index (χ4v) is 4.76. The smallest absolute Gasteiger partial charge is 0.339 e. The number of nitrogens with zero attached hydrogens (tertiary/aromatic N) is 1. The fourth-order valence-electron chi connectivity index (χ4n) is 3.94. The Bertz CT molecular complexity index is 1330. The predicted octanol–water partition coefficient (Wildman–Crippen LogP) is 4.86. The third kappa shape index (κ3) is 3.55. The van der Waals surface area contributed by atoms with Crippen molar-refractivity contribution in [3.8, 4) is 16.3 Å². The van der Waals surface area contributed by atoms with Gasteiger partial charge in [-0.2, -0.15) is 0 Å². The Hall–Kier alpha value is -3.25. The van der Waals surface area contributed by atoms with Gasteiger partial charge in [0.05, 0.1) is 12.1 Å². The molecule has 30 heavy (non-hydrogen) atoms. The topological polar surface area (TPSA) is 69.4 Å². The predicted molar refractivity (Wildman–Crippen MR) is 116 cm³/mol. The lowest BCUT2D eigenvalue weighted by atomic mass is 10.1. The third-order valence-corrected chi connectivity index (χ3v) is 6.26. The Morgan fingerprint density at radius 1 is 1.17 bits per heavy atom. The maximum Gasteiger partial charge on any atom is 0.339 e. The van der Waals surface area contributed by atoms with Crippen molar-refractivity contribution in [3.05, 3.63) is 80.6 Å². The molecule has 0 radical (unpaired) electrons. The molecule has 1 aliphatic rings. The van der Waals surface area contributed by atoms with E-state index in [2.05, 4.69) is 11.1 Å². The molecule has 0 bridgehead atoms. The van der Waals surface area contributed by atoms with E-state index in [0.717, 1.165) is 51.9 Å². The van der Waals surface area contributed by atoms with Crippen LogP contribution >= 0.6 is 11.3 Å². The van der Waals surface area contributed by atoms with Gasteiger partial charge in [0.15, 0.2) is 0 Å². The van der Waals surface area contributed by atoms with Gasteiger partial charge >= 0.3 is 11.6 Å². The summed E-state index contributed by atoms with van der Waals surface area (Å²) in [5, 5.41) is 3.67. The van der Waals surface area contributed by atoms with Crippen LogP contribution < -0.4 is 10.4 Å². The van der Waals surface area contributed by atoms with Gasteiger partial charge in [0.1, 0.15) is 16.3 Å². The van der Waals surface area contributed by atoms with Gasteiger partial charge < -0.3 is 9.15 Å². The van der Waals surface area contributed by atoms with Crippen molar-refractivity contribution in [3.63, 3.8) is 0 Å². The standard InChI is InChI=1S/C24H19NO4S/c1-14-4-2-5-15(10-14)23-25-16(13-30-23)11-22(26)28-17-8-9-19-18-6-3-7-20(18)24(27)29-21(19)12-17/h2,4-5,8-10,12-13H,3,6-7,11H2,1H3. The highest BCUT2D eigenvalue weighted by Gasteiger charge is 2.20. The normalized spacial score (nSPS) is 12.8. The molecule has 5 rings (SSSR count). The Kier molecular flexibility index (Phi) is 4.71. The van der Waals surface area contributed by atoms with Crippen LogP contribution in [0.2, 0.25) is 0 Å². The zero-order chi connectivity index (χ0) is 20.7. The minimum atomic E-state index is -0.404. The Morgan fingerprint density at radius 3 is 2.90 bits per heavy atom. The quantitative estimate of drug-likeness (QED) is 0.269. The van der Waals surface area contributed by atoms with E-state index in [1.807, 2.05) is 36.6 Å². The van der Waals surface area contributed by atoms with Gasteiger partial charge in [0, 0.05) is 28.0 Å². The first-order valence-electron chi connectivity index (χ1n) is 9.87. The van der Waals surface area contributed by atoms with Crippen molar-refractivity contribution in [2.45, 2.75) is 32.6 Å². The first-order chi connectivity index (χ1) is 14.6. The van der Waals surface area contributed by atoms with E-state index >= 15 is 0 Å². The van der Waals surface area contributed by atoms with Crippen LogP contribution in [0.25, 0.3) is 21.5 Å². The van der Waals surface area contributed by atoms with E-state index in [1.165, 1.54) is 11.3 Å². The molecule has 2 heterocycles. The molecule has 0 aliphatic heterocycles. The summed E-state index contributed by atoms with van der Waals surface area (Å²) in [5.41, 5.74) is 4.89. The van der Waals surface area contributed by atoms with E-state index in [1.54, 1.807) is 12.1 Å². The first-order valence-corrected chi connectivity index (χ1v) is 10.8. The monoisotopic (exact) mass is 417 g/mol. The minimum absolute atomic E-state index is 0.0779. The van der Waals surface area contributed by atoms with Gasteiger partial charge in [-0.3, -0.25) is 4.79 Å². The van der Waals surface area contributed by atoms with E-state index in [4.69, 9.17) is 9.15 Å². The number of esters is 1. The van der Waals surface area contributed by atoms with Gasteiger partial charge in [-0.25, -0.2) is 9.78 Å². The van der Waals surface area contributed by atoms with Crippen molar-refractivity contribution >= 4 is 28.3 Å². The van der Waals surface area contributed by atoms with Crippen LogP contribution in [0.15, 0.2) is 57.1 Å². The highest BCUT2D eigenvalue weighted by Crippen LogP contribution is 2.30. The molecule has 0 amide bonds. The second kappa shape index (κ2) is 7.54.